The minimum atomic E-state index is -0.846. The Morgan fingerprint density at radius 2 is 1.63 bits per heavy atom. The number of fused-ring (bicyclic) bond motifs is 1. The second-order valence-electron chi connectivity index (χ2n) is 14.0. The zero-order chi connectivity index (χ0) is 44.7. The van der Waals surface area contributed by atoms with Crippen molar-refractivity contribution in [2.45, 2.75) is 80.0 Å². The van der Waals surface area contributed by atoms with Gasteiger partial charge in [-0.1, -0.05) is 38.7 Å². The van der Waals surface area contributed by atoms with Gasteiger partial charge in [0.1, 0.15) is 29.2 Å². The maximum atomic E-state index is 13.3. The molecular weight excluding hydrogens is 777 g/mol. The number of carbonyl (C=O) groups is 4. The van der Waals surface area contributed by atoms with Crippen LogP contribution in [0.15, 0.2) is 55.1 Å². The van der Waals surface area contributed by atoms with Crippen molar-refractivity contribution in [3.63, 3.8) is 0 Å². The highest BCUT2D eigenvalue weighted by molar-refractivity contribution is 6.04. The summed E-state index contributed by atoms with van der Waals surface area (Å²) in [7, 11) is 1.43. The van der Waals surface area contributed by atoms with Gasteiger partial charge in [0.15, 0.2) is 11.4 Å². The van der Waals surface area contributed by atoms with E-state index in [0.717, 1.165) is 32.0 Å². The number of ether oxygens (including phenoxy) is 3. The Morgan fingerprint density at radius 3 is 2.20 bits per heavy atom. The van der Waals surface area contributed by atoms with Gasteiger partial charge in [0.05, 0.1) is 23.2 Å². The number of anilines is 2. The first-order chi connectivity index (χ1) is 28.5. The third-order valence-corrected chi connectivity index (χ3v) is 8.50. The number of primary amides is 2. The normalized spacial score (nSPS) is 12.2. The molecule has 0 spiro atoms. The summed E-state index contributed by atoms with van der Waals surface area (Å²) in [6.45, 7) is 19.4. The van der Waals surface area contributed by atoms with Gasteiger partial charge in [-0.3, -0.25) is 34.5 Å². The summed E-state index contributed by atoms with van der Waals surface area (Å²) >= 11 is 0. The minimum absolute atomic E-state index is 0.0317. The van der Waals surface area contributed by atoms with Gasteiger partial charge in [0, 0.05) is 49.9 Å². The molecule has 0 aliphatic carbocycles. The van der Waals surface area contributed by atoms with Crippen molar-refractivity contribution in [1.29, 1.82) is 0 Å². The van der Waals surface area contributed by atoms with Crippen molar-refractivity contribution in [2.75, 3.05) is 44.0 Å². The van der Waals surface area contributed by atoms with E-state index in [1.54, 1.807) is 39.3 Å². The van der Waals surface area contributed by atoms with Crippen LogP contribution in [0.1, 0.15) is 91.3 Å². The molecule has 1 aliphatic rings. The fourth-order valence-corrected chi connectivity index (χ4v) is 5.91. The standard InChI is InChI=1S/C30H33N9O7.C9H17NO2.C2H6/c1-5-11-46-23-15-19(28(32)41)14-21(39(43)44)25(23)33-9-7-8-10-37-26-20(13-18(27(31)40)16-24(26)45-4)34-30(37)35-29(42)22-12-17(3)36-38(22)6-2;1-9(2,3)12-8(11)10-6-4-5-7-10;1-2/h5,7-8,12-16,33H,1,6,9-11H2,2-4H3,(H2,31,40)(H2,32,41)(H,34,35,42);4-7H2,1-3H3;1-2H3/b8-7+;;. The molecular formula is C41H56N10O9. The molecule has 1 saturated heterocycles. The van der Waals surface area contributed by atoms with Crippen molar-refractivity contribution in [3.05, 3.63) is 87.8 Å². The maximum Gasteiger partial charge on any atom is 0.410 e. The quantitative estimate of drug-likeness (QED) is 0.0593. The average Bonchev–Trinajstić information content (AvgIpc) is 3.96. The highest BCUT2D eigenvalue weighted by Gasteiger charge is 2.25. The molecule has 5 rings (SSSR count). The van der Waals surface area contributed by atoms with Crippen molar-refractivity contribution in [1.82, 2.24) is 24.2 Å². The number of nitrogens with zero attached hydrogens (tertiary/aromatic N) is 6. The number of nitro benzene ring substituents is 1. The van der Waals surface area contributed by atoms with Gasteiger partial charge in [-0.2, -0.15) is 5.10 Å². The summed E-state index contributed by atoms with van der Waals surface area (Å²) in [4.78, 5) is 65.9. The molecule has 0 saturated carbocycles. The Balaban J connectivity index is 0.000000584. The zero-order valence-electron chi connectivity index (χ0n) is 35.5. The summed E-state index contributed by atoms with van der Waals surface area (Å²) in [6, 6.07) is 7.02. The number of aromatic nitrogens is 4. The summed E-state index contributed by atoms with van der Waals surface area (Å²) in [5, 5.41) is 21.9. The molecule has 19 heteroatoms. The first-order valence-corrected chi connectivity index (χ1v) is 19.4. The van der Waals surface area contributed by atoms with E-state index >= 15 is 0 Å². The number of nitrogens with two attached hydrogens (primary N) is 2. The van der Waals surface area contributed by atoms with Crippen LogP contribution < -0.4 is 31.6 Å². The van der Waals surface area contributed by atoms with Crippen LogP contribution in [-0.2, 0) is 17.8 Å². The molecule has 0 radical (unpaired) electrons. The summed E-state index contributed by atoms with van der Waals surface area (Å²) < 4.78 is 19.6. The second-order valence-corrected chi connectivity index (χ2v) is 14.0. The number of rotatable bonds is 15. The maximum absolute atomic E-state index is 13.3. The van der Waals surface area contributed by atoms with Crippen molar-refractivity contribution >= 4 is 52.2 Å². The third-order valence-electron chi connectivity index (χ3n) is 8.50. The lowest BCUT2D eigenvalue weighted by Crippen LogP contribution is -2.34. The van der Waals surface area contributed by atoms with Gasteiger partial charge in [-0.25, -0.2) is 9.78 Å². The van der Waals surface area contributed by atoms with E-state index in [9.17, 15) is 29.3 Å². The molecule has 1 aliphatic heterocycles. The smallest absolute Gasteiger partial charge is 0.410 e. The highest BCUT2D eigenvalue weighted by atomic mass is 16.6. The number of hydrogen-bond donors (Lipinski definition) is 4. The minimum Gasteiger partial charge on any atom is -0.494 e. The highest BCUT2D eigenvalue weighted by Crippen LogP contribution is 2.36. The number of hydrogen-bond acceptors (Lipinski definition) is 12. The number of aryl methyl sites for hydroxylation is 2. The van der Waals surface area contributed by atoms with Gasteiger partial charge in [-0.15, -0.1) is 0 Å². The zero-order valence-corrected chi connectivity index (χ0v) is 35.5. The monoisotopic (exact) mass is 832 g/mol. The largest absolute Gasteiger partial charge is 0.494 e. The molecule has 324 valence electrons. The van der Waals surface area contributed by atoms with E-state index < -0.39 is 28.3 Å². The van der Waals surface area contributed by atoms with Crippen LogP contribution in [0.3, 0.4) is 0 Å². The van der Waals surface area contributed by atoms with Crippen molar-refractivity contribution in [3.8, 4) is 11.5 Å². The number of methoxy groups -OCH3 is 1. The molecule has 0 atom stereocenters. The molecule has 0 bridgehead atoms. The Hall–Kier alpha value is -6.92. The number of nitro groups is 1. The number of allylic oxidation sites excluding steroid dienone is 1. The van der Waals surface area contributed by atoms with E-state index in [1.807, 2.05) is 41.5 Å². The molecule has 4 amide bonds. The summed E-state index contributed by atoms with van der Waals surface area (Å²) in [5.41, 5.74) is 12.1. The first kappa shape index (κ1) is 47.5. The van der Waals surface area contributed by atoms with Crippen molar-refractivity contribution in [2.24, 2.45) is 11.5 Å². The second kappa shape index (κ2) is 21.7. The number of nitrogens with one attached hydrogen (secondary N) is 2. The molecule has 19 nitrogen and oxygen atoms in total. The average molecular weight is 833 g/mol. The first-order valence-electron chi connectivity index (χ1n) is 19.4. The Labute approximate surface area is 348 Å². The van der Waals surface area contributed by atoms with Gasteiger partial charge >= 0.3 is 6.09 Å². The van der Waals surface area contributed by atoms with E-state index in [1.165, 1.54) is 31.4 Å². The van der Waals surface area contributed by atoms with Crippen LogP contribution in [0, 0.1) is 17.0 Å². The molecule has 6 N–H and O–H groups in total. The summed E-state index contributed by atoms with van der Waals surface area (Å²) in [6.07, 6.45) is 6.94. The number of benzene rings is 2. The SMILES string of the molecule is C=CCOc1cc(C(N)=O)cc([N+](=O)[O-])c1NC/C=C/Cn1c(NC(=O)c2cc(C)nn2CC)nc2cc(C(N)=O)cc(OC)c21.CC.CC(C)(C)OC(=O)N1CCCC1. The molecule has 2 aromatic carbocycles. The van der Waals surface area contributed by atoms with Gasteiger partial charge in [-0.05, 0) is 71.7 Å². The Bertz CT molecular complexity index is 2210. The lowest BCUT2D eigenvalue weighted by Gasteiger charge is -2.23. The Kier molecular flexibility index (Phi) is 17.2. The van der Waals surface area contributed by atoms with Crippen molar-refractivity contribution < 1.29 is 38.3 Å². The van der Waals surface area contributed by atoms with E-state index in [2.05, 4.69) is 27.3 Å². The van der Waals surface area contributed by atoms with Gasteiger partial charge in [0.2, 0.25) is 17.8 Å². The molecule has 3 heterocycles. The Morgan fingerprint density at radius 1 is 1.00 bits per heavy atom. The lowest BCUT2D eigenvalue weighted by molar-refractivity contribution is -0.384. The van der Waals surface area contributed by atoms with E-state index in [-0.39, 0.29) is 59.9 Å². The molecule has 4 aromatic rings. The topological polar surface area (TPSA) is 254 Å². The van der Waals surface area contributed by atoms with Crippen LogP contribution >= 0.6 is 0 Å². The van der Waals surface area contributed by atoms with Crippen LogP contribution in [0.4, 0.5) is 22.1 Å². The fourth-order valence-electron chi connectivity index (χ4n) is 5.91. The number of amides is 4. The summed E-state index contributed by atoms with van der Waals surface area (Å²) in [5.74, 6) is -1.45. The molecule has 60 heavy (non-hydrogen) atoms. The van der Waals surface area contributed by atoms with E-state index in [0.29, 0.717) is 34.7 Å². The van der Waals surface area contributed by atoms with Crippen LogP contribution in [0.25, 0.3) is 11.0 Å². The number of likely N-dealkylation sites (tertiary alicyclic amines) is 1. The predicted octanol–water partition coefficient (Wildman–Crippen LogP) is 6.20. The number of imidazole rings is 1. The molecule has 0 unspecified atom stereocenters. The number of carbonyl (C=O) groups excluding carboxylic acids is 4. The predicted molar refractivity (Wildman–Crippen MR) is 229 cm³/mol. The molecule has 1 fully saturated rings. The van der Waals surface area contributed by atoms with E-state index in [4.69, 9.17) is 25.7 Å². The molecule has 2 aromatic heterocycles. The van der Waals surface area contributed by atoms with Crippen LogP contribution in [-0.4, -0.2) is 91.9 Å². The van der Waals surface area contributed by atoms with Gasteiger partial charge in [0.25, 0.3) is 11.6 Å². The van der Waals surface area contributed by atoms with Gasteiger partial charge < -0.3 is 40.5 Å². The lowest BCUT2D eigenvalue weighted by atomic mass is 10.1. The fraction of sp³-hybridized carbons (Fsp3) is 0.415. The van der Waals surface area contributed by atoms with Crippen LogP contribution in [0.2, 0.25) is 0 Å². The third kappa shape index (κ3) is 12.5. The van der Waals surface area contributed by atoms with Crippen LogP contribution in [0.5, 0.6) is 11.5 Å².